The van der Waals surface area contributed by atoms with E-state index in [1.807, 2.05) is 26.0 Å². The van der Waals surface area contributed by atoms with Crippen molar-refractivity contribution in [2.75, 3.05) is 35.6 Å². The lowest BCUT2D eigenvalue weighted by atomic mass is 9.93. The molecule has 0 saturated heterocycles. The maximum absolute atomic E-state index is 13.0. The highest BCUT2D eigenvalue weighted by Gasteiger charge is 2.45. The van der Waals surface area contributed by atoms with Crippen LogP contribution in [0.3, 0.4) is 0 Å². The summed E-state index contributed by atoms with van der Waals surface area (Å²) >= 11 is 6.03. The van der Waals surface area contributed by atoms with E-state index >= 15 is 0 Å². The number of para-hydroxylation sites is 1. The first-order valence-electron chi connectivity index (χ1n) is 16.5. The van der Waals surface area contributed by atoms with Crippen LogP contribution in [0, 0.1) is 5.41 Å². The topological polar surface area (TPSA) is 159 Å². The molecule has 0 atom stereocenters. The third-order valence-electron chi connectivity index (χ3n) is 8.18. The number of amides is 3. The summed E-state index contributed by atoms with van der Waals surface area (Å²) in [5.41, 5.74) is 2.45. The number of carbonyl (C=O) groups is 3. The van der Waals surface area contributed by atoms with Crippen LogP contribution in [0.25, 0.3) is 5.57 Å². The highest BCUT2D eigenvalue weighted by molar-refractivity contribution is 6.39. The second-order valence-corrected chi connectivity index (χ2v) is 13.8. The highest BCUT2D eigenvalue weighted by atomic mass is 35.5. The summed E-state index contributed by atoms with van der Waals surface area (Å²) in [6.07, 6.45) is -3.14. The zero-order chi connectivity index (χ0) is 38.4. The van der Waals surface area contributed by atoms with Crippen molar-refractivity contribution in [2.24, 2.45) is 5.41 Å². The molecule has 1 saturated carbocycles. The number of ether oxygens (including phenoxy) is 1. The number of alkyl halides is 3. The molecular weight excluding hydrogens is 713 g/mol. The number of nitrogens with zero attached hydrogens (tertiary/aromatic N) is 3. The largest absolute Gasteiger partial charge is 0.454 e. The van der Waals surface area contributed by atoms with Gasteiger partial charge in [-0.2, -0.15) is 28.1 Å². The van der Waals surface area contributed by atoms with Crippen LogP contribution in [-0.4, -0.2) is 58.5 Å². The standard InChI is InChI=1S/C37H38ClF3N8O4/c1-22(2)27-7-5-6-8-28(27)45-31(52)30(51)43-20-35(3,4)19-42-29(50)23-9-15-26(16-10-23)44-32-46-33(48-34(47-32)53-21-37(39,40)41)49-36(17-18-36)24-11-13-25(38)14-12-24/h5-16H,1,17-21H2,2-4H3,(H,42,50)(H,43,51)(H,45,52)(H2,44,46,47,48,49). The molecule has 53 heavy (non-hydrogen) atoms. The van der Waals surface area contributed by atoms with Gasteiger partial charge in [0.05, 0.1) is 5.54 Å². The Labute approximate surface area is 309 Å². The third kappa shape index (κ3) is 10.9. The van der Waals surface area contributed by atoms with Gasteiger partial charge >= 0.3 is 24.0 Å². The van der Waals surface area contributed by atoms with Crippen LogP contribution in [0.5, 0.6) is 6.01 Å². The minimum Gasteiger partial charge on any atom is -0.454 e. The molecule has 1 aliphatic carbocycles. The molecule has 1 heterocycles. The smallest absolute Gasteiger partial charge is 0.422 e. The predicted molar refractivity (Wildman–Crippen MR) is 196 cm³/mol. The summed E-state index contributed by atoms with van der Waals surface area (Å²) in [7, 11) is 0. The molecule has 0 aliphatic heterocycles. The first-order chi connectivity index (χ1) is 25.0. The number of hydrogen-bond acceptors (Lipinski definition) is 9. The molecule has 3 amide bonds. The van der Waals surface area contributed by atoms with Gasteiger partial charge in [0.2, 0.25) is 11.9 Å². The Morgan fingerprint density at radius 3 is 2.15 bits per heavy atom. The van der Waals surface area contributed by atoms with Crippen LogP contribution in [0.15, 0.2) is 79.4 Å². The van der Waals surface area contributed by atoms with Gasteiger partial charge in [0.15, 0.2) is 6.61 Å². The SMILES string of the molecule is C=C(C)c1ccccc1NC(=O)C(=O)NCC(C)(C)CNC(=O)c1ccc(Nc2nc(NC3(c4ccc(Cl)cc4)CC3)nc(OCC(F)(F)F)n2)cc1. The van der Waals surface area contributed by atoms with Crippen LogP contribution in [0.2, 0.25) is 5.02 Å². The molecule has 5 rings (SSSR count). The average molecular weight is 751 g/mol. The van der Waals surface area contributed by atoms with Gasteiger partial charge in [-0.1, -0.05) is 62.4 Å². The fourth-order valence-corrected chi connectivity index (χ4v) is 5.26. The predicted octanol–water partition coefficient (Wildman–Crippen LogP) is 6.85. The van der Waals surface area contributed by atoms with E-state index in [2.05, 4.69) is 48.1 Å². The lowest BCUT2D eigenvalue weighted by molar-refractivity contribution is -0.154. The molecule has 0 bridgehead atoms. The van der Waals surface area contributed by atoms with Crippen molar-refractivity contribution in [1.29, 1.82) is 0 Å². The Bertz CT molecular complexity index is 1990. The van der Waals surface area contributed by atoms with Gasteiger partial charge < -0.3 is 31.3 Å². The molecule has 0 spiro atoms. The van der Waals surface area contributed by atoms with E-state index in [0.717, 1.165) is 24.0 Å². The van der Waals surface area contributed by atoms with Gasteiger partial charge in [-0.05, 0) is 78.8 Å². The molecule has 12 nitrogen and oxygen atoms in total. The number of allylic oxidation sites excluding steroid dienone is 1. The van der Waals surface area contributed by atoms with Gasteiger partial charge in [-0.25, -0.2) is 0 Å². The molecule has 278 valence electrons. The van der Waals surface area contributed by atoms with Crippen molar-refractivity contribution in [3.05, 3.63) is 101 Å². The van der Waals surface area contributed by atoms with E-state index in [4.69, 9.17) is 16.3 Å². The number of nitrogens with one attached hydrogen (secondary N) is 5. The third-order valence-corrected chi connectivity index (χ3v) is 8.43. The number of aromatic nitrogens is 3. The van der Waals surface area contributed by atoms with Gasteiger partial charge in [0, 0.05) is 40.6 Å². The van der Waals surface area contributed by atoms with Gasteiger partial charge in [-0.3, -0.25) is 14.4 Å². The first-order valence-corrected chi connectivity index (χ1v) is 16.9. The number of benzene rings is 3. The number of halogens is 4. The van der Waals surface area contributed by atoms with Crippen molar-refractivity contribution in [1.82, 2.24) is 25.6 Å². The molecule has 4 aromatic rings. The van der Waals surface area contributed by atoms with Crippen LogP contribution in [0.1, 0.15) is 55.1 Å². The zero-order valence-electron chi connectivity index (χ0n) is 29.2. The Morgan fingerprint density at radius 2 is 1.51 bits per heavy atom. The quantitative estimate of drug-likeness (QED) is 0.0869. The van der Waals surface area contributed by atoms with Crippen molar-refractivity contribution in [3.63, 3.8) is 0 Å². The van der Waals surface area contributed by atoms with E-state index < -0.39 is 47.5 Å². The molecule has 3 aromatic carbocycles. The molecule has 1 aliphatic rings. The minimum atomic E-state index is -4.61. The van der Waals surface area contributed by atoms with Crippen LogP contribution < -0.4 is 31.3 Å². The zero-order valence-corrected chi connectivity index (χ0v) is 29.9. The monoisotopic (exact) mass is 750 g/mol. The lowest BCUT2D eigenvalue weighted by Crippen LogP contribution is -2.45. The Hall–Kier alpha value is -5.70. The molecule has 0 radical (unpaired) electrons. The minimum absolute atomic E-state index is 0.00988. The molecular formula is C37H38ClF3N8O4. The lowest BCUT2D eigenvalue weighted by Gasteiger charge is -2.25. The van der Waals surface area contributed by atoms with Crippen molar-refractivity contribution in [3.8, 4) is 6.01 Å². The average Bonchev–Trinajstić information content (AvgIpc) is 3.89. The molecule has 16 heteroatoms. The van der Waals surface area contributed by atoms with Crippen molar-refractivity contribution >= 4 is 58.2 Å². The number of anilines is 4. The maximum atomic E-state index is 13.0. The summed E-state index contributed by atoms with van der Waals surface area (Å²) in [5, 5.41) is 14.7. The van der Waals surface area contributed by atoms with Crippen LogP contribution in [0.4, 0.5) is 36.4 Å². The number of rotatable bonds is 14. The summed E-state index contributed by atoms with van der Waals surface area (Å²) < 4.78 is 43.7. The van der Waals surface area contributed by atoms with E-state index in [1.54, 1.807) is 67.6 Å². The van der Waals surface area contributed by atoms with Gasteiger partial charge in [0.1, 0.15) is 0 Å². The van der Waals surface area contributed by atoms with E-state index in [1.165, 1.54) is 0 Å². The molecule has 0 unspecified atom stereocenters. The second kappa shape index (κ2) is 15.9. The summed E-state index contributed by atoms with van der Waals surface area (Å²) in [6.45, 7) is 8.00. The van der Waals surface area contributed by atoms with Crippen molar-refractivity contribution in [2.45, 2.75) is 45.3 Å². The van der Waals surface area contributed by atoms with E-state index in [9.17, 15) is 27.6 Å². The molecule has 1 aromatic heterocycles. The van der Waals surface area contributed by atoms with Gasteiger partial charge in [-0.15, -0.1) is 0 Å². The van der Waals surface area contributed by atoms with E-state index in [0.29, 0.717) is 27.5 Å². The fraction of sp³-hybridized carbons (Fsp3) is 0.297. The summed E-state index contributed by atoms with van der Waals surface area (Å²) in [5.74, 6) is -2.11. The summed E-state index contributed by atoms with van der Waals surface area (Å²) in [4.78, 5) is 50.4. The summed E-state index contributed by atoms with van der Waals surface area (Å²) in [6, 6.07) is 19.9. The van der Waals surface area contributed by atoms with Crippen molar-refractivity contribution < 1.29 is 32.3 Å². The number of carbonyl (C=O) groups excluding carboxylic acids is 3. The normalized spacial score (nSPS) is 13.3. The Kier molecular flexibility index (Phi) is 11.6. The van der Waals surface area contributed by atoms with Crippen LogP contribution >= 0.6 is 11.6 Å². The second-order valence-electron chi connectivity index (χ2n) is 13.4. The van der Waals surface area contributed by atoms with E-state index in [-0.39, 0.29) is 25.0 Å². The molecule has 5 N–H and O–H groups in total. The van der Waals surface area contributed by atoms with Gasteiger partial charge in [0.25, 0.3) is 5.91 Å². The van der Waals surface area contributed by atoms with Crippen LogP contribution in [-0.2, 0) is 15.1 Å². The maximum Gasteiger partial charge on any atom is 0.422 e. The number of hydrogen-bond donors (Lipinski definition) is 5. The fourth-order valence-electron chi connectivity index (χ4n) is 5.13. The first kappa shape index (κ1) is 38.5. The Balaban J connectivity index is 1.17. The molecule has 1 fully saturated rings. The highest BCUT2D eigenvalue weighted by Crippen LogP contribution is 2.48. The Morgan fingerprint density at radius 1 is 0.868 bits per heavy atom.